The third-order valence-electron chi connectivity index (χ3n) is 4.55. The van der Waals surface area contributed by atoms with Crippen molar-refractivity contribution in [3.63, 3.8) is 0 Å². The molecule has 6 nitrogen and oxygen atoms in total. The smallest absolute Gasteiger partial charge is 0.257 e. The number of nitrogens with zero attached hydrogens (tertiary/aromatic N) is 1. The van der Waals surface area contributed by atoms with Crippen LogP contribution in [0.2, 0.25) is 0 Å². The molecule has 3 rings (SSSR count). The molecule has 1 aliphatic carbocycles. The third-order valence-corrected chi connectivity index (χ3v) is 5.32. The number of furan rings is 1. The quantitative estimate of drug-likeness (QED) is 0.907. The average Bonchev–Trinajstić information content (AvgIpc) is 2.92. The van der Waals surface area contributed by atoms with Gasteiger partial charge in [0, 0.05) is 19.1 Å². The van der Waals surface area contributed by atoms with Gasteiger partial charge < -0.3 is 9.32 Å². The summed E-state index contributed by atoms with van der Waals surface area (Å²) in [6.45, 7) is 3.22. The van der Waals surface area contributed by atoms with Crippen molar-refractivity contribution in [2.75, 3.05) is 19.3 Å². The van der Waals surface area contributed by atoms with Crippen LogP contribution in [0.5, 0.6) is 0 Å². The number of carbonyl (C=O) groups excluding carboxylic acids is 1. The Morgan fingerprint density at radius 3 is 2.76 bits per heavy atom. The van der Waals surface area contributed by atoms with Crippen LogP contribution in [0.25, 0.3) is 0 Å². The molecule has 116 valence electrons. The maximum absolute atomic E-state index is 12.4. The minimum absolute atomic E-state index is 0.0117. The summed E-state index contributed by atoms with van der Waals surface area (Å²) in [5, 5.41) is 0. The van der Waals surface area contributed by atoms with Crippen LogP contribution >= 0.6 is 0 Å². The van der Waals surface area contributed by atoms with Gasteiger partial charge >= 0.3 is 0 Å². The zero-order valence-electron chi connectivity index (χ0n) is 12.3. The van der Waals surface area contributed by atoms with E-state index >= 15 is 0 Å². The molecule has 1 aliphatic heterocycles. The van der Waals surface area contributed by atoms with E-state index in [0.717, 1.165) is 25.8 Å². The lowest BCUT2D eigenvalue weighted by Crippen LogP contribution is -2.51. The van der Waals surface area contributed by atoms with Crippen LogP contribution in [-0.2, 0) is 10.0 Å². The number of carbonyl (C=O) groups is 1. The molecule has 1 aromatic heterocycles. The van der Waals surface area contributed by atoms with Crippen LogP contribution in [0, 0.1) is 12.3 Å². The summed E-state index contributed by atoms with van der Waals surface area (Å²) in [5.74, 6) is 0.656. The van der Waals surface area contributed by atoms with E-state index in [1.807, 2.05) is 4.90 Å². The topological polar surface area (TPSA) is 79.6 Å². The second kappa shape index (κ2) is 4.84. The maximum atomic E-state index is 12.4. The molecule has 2 heterocycles. The van der Waals surface area contributed by atoms with Crippen molar-refractivity contribution >= 4 is 15.9 Å². The number of sulfonamides is 1. The second-order valence-electron chi connectivity index (χ2n) is 6.36. The van der Waals surface area contributed by atoms with Crippen molar-refractivity contribution in [3.8, 4) is 0 Å². The standard InChI is InChI=1S/C14H20N2O4S/c1-10-12(3-6-20-10)13(17)16-5-4-14(9-16)7-11(8-14)15-21(2,18)19/h3,6,11,15H,4-5,7-9H2,1-2H3. The first kappa shape index (κ1) is 14.6. The van der Waals surface area contributed by atoms with Gasteiger partial charge in [0.15, 0.2) is 0 Å². The molecule has 2 fully saturated rings. The zero-order valence-corrected chi connectivity index (χ0v) is 13.1. The Morgan fingerprint density at radius 2 is 2.19 bits per heavy atom. The van der Waals surface area contributed by atoms with Crippen LogP contribution in [0.1, 0.15) is 35.4 Å². The normalized spacial score (nSPS) is 28.9. The highest BCUT2D eigenvalue weighted by Gasteiger charge is 2.50. The molecule has 2 aliphatic rings. The summed E-state index contributed by atoms with van der Waals surface area (Å²) in [6, 6.07) is 1.72. The van der Waals surface area contributed by atoms with Crippen LogP contribution in [-0.4, -0.2) is 44.6 Å². The minimum Gasteiger partial charge on any atom is -0.469 e. The zero-order chi connectivity index (χ0) is 15.3. The van der Waals surface area contributed by atoms with E-state index in [-0.39, 0.29) is 17.4 Å². The maximum Gasteiger partial charge on any atom is 0.257 e. The molecule has 0 unspecified atom stereocenters. The molecule has 1 N–H and O–H groups in total. The summed E-state index contributed by atoms with van der Waals surface area (Å²) in [5.41, 5.74) is 0.715. The second-order valence-corrected chi connectivity index (χ2v) is 8.14. The van der Waals surface area contributed by atoms with Crippen molar-refractivity contribution in [1.82, 2.24) is 9.62 Å². The fourth-order valence-electron chi connectivity index (χ4n) is 3.59. The van der Waals surface area contributed by atoms with E-state index < -0.39 is 10.0 Å². The van der Waals surface area contributed by atoms with Crippen LogP contribution in [0.4, 0.5) is 0 Å². The molecule has 1 amide bonds. The number of hydrogen-bond acceptors (Lipinski definition) is 4. The molecule has 0 atom stereocenters. The van der Waals surface area contributed by atoms with Crippen molar-refractivity contribution < 1.29 is 17.6 Å². The fourth-order valence-corrected chi connectivity index (χ4v) is 4.36. The summed E-state index contributed by atoms with van der Waals surface area (Å²) >= 11 is 0. The molecule has 1 saturated carbocycles. The number of rotatable bonds is 3. The van der Waals surface area contributed by atoms with Crippen molar-refractivity contribution in [3.05, 3.63) is 23.7 Å². The SMILES string of the molecule is Cc1occc1C(=O)N1CCC2(CC(NS(C)(=O)=O)C2)C1. The van der Waals surface area contributed by atoms with Gasteiger partial charge in [0.05, 0.1) is 18.1 Å². The van der Waals surface area contributed by atoms with Gasteiger partial charge in [-0.05, 0) is 37.7 Å². The molecule has 7 heteroatoms. The van der Waals surface area contributed by atoms with Crippen molar-refractivity contribution in [1.29, 1.82) is 0 Å². The number of amides is 1. The first-order valence-electron chi connectivity index (χ1n) is 7.09. The predicted molar refractivity (Wildman–Crippen MR) is 77.4 cm³/mol. The minimum atomic E-state index is -3.14. The van der Waals surface area contributed by atoms with Gasteiger partial charge in [-0.2, -0.15) is 0 Å². The Balaban J connectivity index is 1.60. The molecular formula is C14H20N2O4S. The van der Waals surface area contributed by atoms with E-state index in [9.17, 15) is 13.2 Å². The summed E-state index contributed by atoms with van der Waals surface area (Å²) < 4.78 is 30.3. The summed E-state index contributed by atoms with van der Waals surface area (Å²) in [7, 11) is -3.14. The first-order valence-corrected chi connectivity index (χ1v) is 8.98. The van der Waals surface area contributed by atoms with Gasteiger partial charge in [0.2, 0.25) is 10.0 Å². The lowest BCUT2D eigenvalue weighted by molar-refractivity contribution is 0.0686. The number of nitrogens with one attached hydrogen (secondary N) is 1. The van der Waals surface area contributed by atoms with Gasteiger partial charge in [-0.1, -0.05) is 0 Å². The molecule has 21 heavy (non-hydrogen) atoms. The molecule has 0 aromatic carbocycles. The van der Waals surface area contributed by atoms with E-state index in [4.69, 9.17) is 4.42 Å². The number of hydrogen-bond donors (Lipinski definition) is 1. The van der Waals surface area contributed by atoms with Crippen LogP contribution in [0.3, 0.4) is 0 Å². The Kier molecular flexibility index (Phi) is 3.37. The molecule has 0 radical (unpaired) electrons. The lowest BCUT2D eigenvalue weighted by atomic mass is 9.65. The van der Waals surface area contributed by atoms with Gasteiger partial charge in [0.1, 0.15) is 5.76 Å². The van der Waals surface area contributed by atoms with Crippen LogP contribution < -0.4 is 4.72 Å². The van der Waals surface area contributed by atoms with Crippen molar-refractivity contribution in [2.24, 2.45) is 5.41 Å². The summed E-state index contributed by atoms with van der Waals surface area (Å²) in [4.78, 5) is 14.3. The van der Waals surface area contributed by atoms with Crippen LogP contribution in [0.15, 0.2) is 16.7 Å². The fraction of sp³-hybridized carbons (Fsp3) is 0.643. The van der Waals surface area contributed by atoms with E-state index in [2.05, 4.69) is 4.72 Å². The largest absolute Gasteiger partial charge is 0.469 e. The van der Waals surface area contributed by atoms with E-state index in [0.29, 0.717) is 17.9 Å². The Hall–Kier alpha value is -1.34. The highest BCUT2D eigenvalue weighted by atomic mass is 32.2. The Labute approximate surface area is 124 Å². The molecular weight excluding hydrogens is 292 g/mol. The Morgan fingerprint density at radius 1 is 1.48 bits per heavy atom. The van der Waals surface area contributed by atoms with Gasteiger partial charge in [-0.25, -0.2) is 13.1 Å². The first-order chi connectivity index (χ1) is 9.78. The molecule has 1 spiro atoms. The van der Waals surface area contributed by atoms with E-state index in [1.165, 1.54) is 12.5 Å². The third kappa shape index (κ3) is 2.85. The van der Waals surface area contributed by atoms with Gasteiger partial charge in [-0.15, -0.1) is 0 Å². The van der Waals surface area contributed by atoms with Crippen molar-refractivity contribution in [2.45, 2.75) is 32.2 Å². The molecule has 1 aromatic rings. The Bertz CT molecular complexity index is 658. The van der Waals surface area contributed by atoms with Gasteiger partial charge in [-0.3, -0.25) is 4.79 Å². The monoisotopic (exact) mass is 312 g/mol. The van der Waals surface area contributed by atoms with E-state index in [1.54, 1.807) is 13.0 Å². The average molecular weight is 312 g/mol. The number of aryl methyl sites for hydroxylation is 1. The number of likely N-dealkylation sites (tertiary alicyclic amines) is 1. The highest BCUT2D eigenvalue weighted by molar-refractivity contribution is 7.88. The summed E-state index contributed by atoms with van der Waals surface area (Å²) in [6.07, 6.45) is 5.29. The lowest BCUT2D eigenvalue weighted by Gasteiger charge is -2.45. The highest BCUT2D eigenvalue weighted by Crippen LogP contribution is 2.48. The van der Waals surface area contributed by atoms with Gasteiger partial charge in [0.25, 0.3) is 5.91 Å². The molecule has 1 saturated heterocycles. The molecule has 0 bridgehead atoms. The predicted octanol–water partition coefficient (Wildman–Crippen LogP) is 1.13.